The van der Waals surface area contributed by atoms with Crippen LogP contribution in [-0.4, -0.2) is 0 Å². The Bertz CT molecular complexity index is 323. The standard InChI is InChI=1S/C9H6ClF/c1-3-7-4-6(2)9(11)5-8(7)10/h1,4-5H,2H3. The lowest BCUT2D eigenvalue weighted by molar-refractivity contribution is 0.618. The highest BCUT2D eigenvalue weighted by atomic mass is 35.5. The van der Waals surface area contributed by atoms with Crippen LogP contribution in [-0.2, 0) is 0 Å². The molecule has 0 amide bonds. The number of rotatable bonds is 0. The fourth-order valence-corrected chi connectivity index (χ4v) is 0.973. The summed E-state index contributed by atoms with van der Waals surface area (Å²) in [5, 5.41) is 0.288. The maximum Gasteiger partial charge on any atom is 0.127 e. The van der Waals surface area contributed by atoms with Crippen molar-refractivity contribution in [1.29, 1.82) is 0 Å². The van der Waals surface area contributed by atoms with Crippen molar-refractivity contribution in [2.75, 3.05) is 0 Å². The van der Waals surface area contributed by atoms with Gasteiger partial charge in [-0.3, -0.25) is 0 Å². The zero-order chi connectivity index (χ0) is 8.43. The van der Waals surface area contributed by atoms with E-state index >= 15 is 0 Å². The van der Waals surface area contributed by atoms with Crippen molar-refractivity contribution in [3.05, 3.63) is 34.1 Å². The fourth-order valence-electron chi connectivity index (χ4n) is 0.768. The molecule has 11 heavy (non-hydrogen) atoms. The van der Waals surface area contributed by atoms with E-state index in [0.29, 0.717) is 11.1 Å². The molecular formula is C9H6ClF. The minimum Gasteiger partial charge on any atom is -0.207 e. The number of terminal acetylenes is 1. The summed E-state index contributed by atoms with van der Waals surface area (Å²) < 4.78 is 12.7. The molecule has 0 atom stereocenters. The van der Waals surface area contributed by atoms with E-state index in [9.17, 15) is 4.39 Å². The van der Waals surface area contributed by atoms with Gasteiger partial charge in [0.2, 0.25) is 0 Å². The SMILES string of the molecule is C#Cc1cc(C)c(F)cc1Cl. The van der Waals surface area contributed by atoms with Gasteiger partial charge in [0.05, 0.1) is 5.02 Å². The van der Waals surface area contributed by atoms with Crippen LogP contribution in [0.5, 0.6) is 0 Å². The van der Waals surface area contributed by atoms with Crippen LogP contribution < -0.4 is 0 Å². The van der Waals surface area contributed by atoms with Crippen molar-refractivity contribution in [3.63, 3.8) is 0 Å². The van der Waals surface area contributed by atoms with E-state index in [-0.39, 0.29) is 10.8 Å². The Morgan fingerprint density at radius 2 is 2.18 bits per heavy atom. The third kappa shape index (κ3) is 1.53. The van der Waals surface area contributed by atoms with Crippen molar-refractivity contribution in [2.24, 2.45) is 0 Å². The molecule has 0 N–H and O–H groups in total. The van der Waals surface area contributed by atoms with Crippen molar-refractivity contribution in [2.45, 2.75) is 6.92 Å². The molecule has 0 fully saturated rings. The van der Waals surface area contributed by atoms with Gasteiger partial charge in [-0.25, -0.2) is 4.39 Å². The average Bonchev–Trinajstić information content (AvgIpc) is 1.97. The lowest BCUT2D eigenvalue weighted by atomic mass is 10.1. The van der Waals surface area contributed by atoms with Crippen LogP contribution in [0.25, 0.3) is 0 Å². The second kappa shape index (κ2) is 2.94. The first-order chi connectivity index (χ1) is 5.15. The molecule has 0 spiro atoms. The van der Waals surface area contributed by atoms with Crippen molar-refractivity contribution >= 4 is 11.6 Å². The van der Waals surface area contributed by atoms with Gasteiger partial charge in [0.25, 0.3) is 0 Å². The fraction of sp³-hybridized carbons (Fsp3) is 0.111. The van der Waals surface area contributed by atoms with Gasteiger partial charge < -0.3 is 0 Å². The first-order valence-electron chi connectivity index (χ1n) is 3.07. The summed E-state index contributed by atoms with van der Waals surface area (Å²) in [6.45, 7) is 1.65. The summed E-state index contributed by atoms with van der Waals surface area (Å²) in [7, 11) is 0. The lowest BCUT2D eigenvalue weighted by Gasteiger charge is -1.99. The van der Waals surface area contributed by atoms with E-state index in [1.807, 2.05) is 0 Å². The van der Waals surface area contributed by atoms with Crippen LogP contribution >= 0.6 is 11.6 Å². The molecule has 2 heteroatoms. The number of halogens is 2. The highest BCUT2D eigenvalue weighted by Gasteiger charge is 2.02. The zero-order valence-corrected chi connectivity index (χ0v) is 6.74. The predicted molar refractivity (Wildman–Crippen MR) is 44.1 cm³/mol. The van der Waals surface area contributed by atoms with Gasteiger partial charge in [-0.05, 0) is 24.6 Å². The number of benzene rings is 1. The zero-order valence-electron chi connectivity index (χ0n) is 5.99. The van der Waals surface area contributed by atoms with Crippen LogP contribution in [0.15, 0.2) is 12.1 Å². The third-order valence-corrected chi connectivity index (χ3v) is 1.72. The average molecular weight is 169 g/mol. The van der Waals surface area contributed by atoms with Gasteiger partial charge in [-0.1, -0.05) is 17.5 Å². The van der Waals surface area contributed by atoms with Crippen LogP contribution in [0, 0.1) is 25.1 Å². The van der Waals surface area contributed by atoms with E-state index < -0.39 is 0 Å². The van der Waals surface area contributed by atoms with E-state index in [2.05, 4.69) is 5.92 Å². The topological polar surface area (TPSA) is 0 Å². The molecule has 0 bridgehead atoms. The Kier molecular flexibility index (Phi) is 2.16. The Hall–Kier alpha value is -1.00. The molecule has 0 aliphatic rings. The lowest BCUT2D eigenvalue weighted by Crippen LogP contribution is -1.85. The Morgan fingerprint density at radius 3 is 2.73 bits per heavy atom. The summed E-state index contributed by atoms with van der Waals surface area (Å²) in [6, 6.07) is 2.78. The van der Waals surface area contributed by atoms with Gasteiger partial charge >= 0.3 is 0 Å². The Balaban J connectivity index is 3.35. The van der Waals surface area contributed by atoms with Crippen LogP contribution in [0.3, 0.4) is 0 Å². The van der Waals surface area contributed by atoms with Gasteiger partial charge in [0.1, 0.15) is 5.82 Å². The normalized spacial score (nSPS) is 9.27. The third-order valence-electron chi connectivity index (χ3n) is 1.40. The second-order valence-electron chi connectivity index (χ2n) is 2.23. The molecule has 0 saturated heterocycles. The largest absolute Gasteiger partial charge is 0.207 e. The van der Waals surface area contributed by atoms with Gasteiger partial charge in [-0.15, -0.1) is 6.42 Å². The molecule has 0 aliphatic heterocycles. The van der Waals surface area contributed by atoms with Crippen molar-refractivity contribution in [3.8, 4) is 12.3 Å². The molecule has 1 rings (SSSR count). The van der Waals surface area contributed by atoms with Crippen LogP contribution in [0.4, 0.5) is 4.39 Å². The number of hydrogen-bond acceptors (Lipinski definition) is 0. The monoisotopic (exact) mass is 168 g/mol. The molecule has 1 aromatic rings. The summed E-state index contributed by atoms with van der Waals surface area (Å²) in [5.74, 6) is 2.04. The molecule has 1 aromatic carbocycles. The first kappa shape index (κ1) is 8.10. The molecule has 56 valence electrons. The molecule has 0 radical (unpaired) electrons. The maximum atomic E-state index is 12.7. The summed E-state index contributed by atoms with van der Waals surface area (Å²) >= 11 is 5.62. The van der Waals surface area contributed by atoms with Crippen LogP contribution in [0.1, 0.15) is 11.1 Å². The Labute approximate surface area is 70.0 Å². The molecular weight excluding hydrogens is 163 g/mol. The van der Waals surface area contributed by atoms with E-state index in [0.717, 1.165) is 0 Å². The quantitative estimate of drug-likeness (QED) is 0.523. The molecule has 0 aliphatic carbocycles. The first-order valence-corrected chi connectivity index (χ1v) is 3.45. The van der Waals surface area contributed by atoms with E-state index in [1.54, 1.807) is 13.0 Å². The smallest absolute Gasteiger partial charge is 0.127 e. The van der Waals surface area contributed by atoms with Gasteiger partial charge in [0, 0.05) is 5.56 Å². The van der Waals surface area contributed by atoms with Crippen LogP contribution in [0.2, 0.25) is 5.02 Å². The van der Waals surface area contributed by atoms with Gasteiger partial charge in [-0.2, -0.15) is 0 Å². The highest BCUT2D eigenvalue weighted by molar-refractivity contribution is 6.31. The maximum absolute atomic E-state index is 12.7. The molecule has 0 heterocycles. The Morgan fingerprint density at radius 1 is 1.55 bits per heavy atom. The van der Waals surface area contributed by atoms with Crippen molar-refractivity contribution in [1.82, 2.24) is 0 Å². The molecule has 0 saturated carbocycles. The number of hydrogen-bond donors (Lipinski definition) is 0. The molecule has 0 nitrogen and oxygen atoms in total. The van der Waals surface area contributed by atoms with Gasteiger partial charge in [0.15, 0.2) is 0 Å². The molecule has 0 unspecified atom stereocenters. The summed E-state index contributed by atoms with van der Waals surface area (Å²) in [6.07, 6.45) is 5.11. The summed E-state index contributed by atoms with van der Waals surface area (Å²) in [5.41, 5.74) is 1.05. The summed E-state index contributed by atoms with van der Waals surface area (Å²) in [4.78, 5) is 0. The predicted octanol–water partition coefficient (Wildman–Crippen LogP) is 2.77. The molecule has 0 aromatic heterocycles. The minimum atomic E-state index is -0.325. The highest BCUT2D eigenvalue weighted by Crippen LogP contribution is 2.18. The second-order valence-corrected chi connectivity index (χ2v) is 2.63. The van der Waals surface area contributed by atoms with E-state index in [1.165, 1.54) is 6.07 Å². The minimum absolute atomic E-state index is 0.288. The number of aryl methyl sites for hydroxylation is 1. The van der Waals surface area contributed by atoms with E-state index in [4.69, 9.17) is 18.0 Å². The van der Waals surface area contributed by atoms with Crippen molar-refractivity contribution < 1.29 is 4.39 Å².